The van der Waals surface area contributed by atoms with E-state index < -0.39 is 0 Å². The molecule has 0 bridgehead atoms. The molecule has 1 aromatic rings. The van der Waals surface area contributed by atoms with Crippen LogP contribution >= 0.6 is 11.3 Å². The van der Waals surface area contributed by atoms with Crippen molar-refractivity contribution in [3.8, 4) is 0 Å². The van der Waals surface area contributed by atoms with Crippen molar-refractivity contribution in [3.05, 3.63) is 16.6 Å². The van der Waals surface area contributed by atoms with Gasteiger partial charge in [-0.05, 0) is 6.42 Å². The Morgan fingerprint density at radius 1 is 1.67 bits per heavy atom. The third kappa shape index (κ3) is 2.63. The van der Waals surface area contributed by atoms with E-state index in [0.29, 0.717) is 12.2 Å². The molecule has 1 fully saturated rings. The fourth-order valence-corrected chi connectivity index (χ4v) is 2.66. The SMILES string of the molecule is CCC1CN(Cc2nccs2)CCC1=O. The number of aromatic nitrogens is 1. The minimum Gasteiger partial charge on any atom is -0.299 e. The highest BCUT2D eigenvalue weighted by Crippen LogP contribution is 2.18. The molecule has 4 heteroatoms. The molecule has 15 heavy (non-hydrogen) atoms. The van der Waals surface area contributed by atoms with E-state index >= 15 is 0 Å². The van der Waals surface area contributed by atoms with Gasteiger partial charge in [0.25, 0.3) is 0 Å². The molecule has 3 nitrogen and oxygen atoms in total. The van der Waals surface area contributed by atoms with Gasteiger partial charge in [0, 0.05) is 37.0 Å². The van der Waals surface area contributed by atoms with Crippen molar-refractivity contribution in [3.63, 3.8) is 0 Å². The van der Waals surface area contributed by atoms with Crippen molar-refractivity contribution < 1.29 is 4.79 Å². The van der Waals surface area contributed by atoms with Crippen LogP contribution in [0.1, 0.15) is 24.8 Å². The molecule has 1 atom stereocenters. The lowest BCUT2D eigenvalue weighted by Crippen LogP contribution is -2.40. The first-order valence-electron chi connectivity index (χ1n) is 5.43. The zero-order chi connectivity index (χ0) is 10.7. The summed E-state index contributed by atoms with van der Waals surface area (Å²) in [5.41, 5.74) is 0. The number of hydrogen-bond acceptors (Lipinski definition) is 4. The molecule has 1 aliphatic heterocycles. The lowest BCUT2D eigenvalue weighted by atomic mass is 9.94. The van der Waals surface area contributed by atoms with Gasteiger partial charge >= 0.3 is 0 Å². The van der Waals surface area contributed by atoms with Crippen molar-refractivity contribution >= 4 is 17.1 Å². The van der Waals surface area contributed by atoms with Crippen molar-refractivity contribution in [2.75, 3.05) is 13.1 Å². The Bertz CT molecular complexity index is 323. The summed E-state index contributed by atoms with van der Waals surface area (Å²) >= 11 is 1.69. The van der Waals surface area contributed by atoms with Crippen LogP contribution in [0.5, 0.6) is 0 Å². The van der Waals surface area contributed by atoms with Gasteiger partial charge in [0.05, 0.1) is 6.54 Å². The molecule has 1 unspecified atom stereocenters. The number of carbonyl (C=O) groups is 1. The highest BCUT2D eigenvalue weighted by atomic mass is 32.1. The van der Waals surface area contributed by atoms with E-state index in [4.69, 9.17) is 0 Å². The van der Waals surface area contributed by atoms with E-state index in [1.807, 2.05) is 11.6 Å². The molecule has 0 N–H and O–H groups in total. The Kier molecular flexibility index (Phi) is 3.49. The first-order chi connectivity index (χ1) is 7.29. The molecule has 0 aromatic carbocycles. The van der Waals surface area contributed by atoms with Crippen LogP contribution in [0.4, 0.5) is 0 Å². The molecule has 1 saturated heterocycles. The molecule has 0 amide bonds. The summed E-state index contributed by atoms with van der Waals surface area (Å²) in [5, 5.41) is 3.15. The Balaban J connectivity index is 1.92. The predicted octanol–water partition coefficient (Wildman–Crippen LogP) is 1.94. The Labute approximate surface area is 94.1 Å². The predicted molar refractivity (Wildman–Crippen MR) is 60.8 cm³/mol. The number of ketones is 1. The van der Waals surface area contributed by atoms with Crippen LogP contribution in [0.15, 0.2) is 11.6 Å². The maximum absolute atomic E-state index is 11.5. The largest absolute Gasteiger partial charge is 0.299 e. The maximum Gasteiger partial charge on any atom is 0.138 e. The van der Waals surface area contributed by atoms with Gasteiger partial charge in [-0.25, -0.2) is 4.98 Å². The summed E-state index contributed by atoms with van der Waals surface area (Å²) in [5.74, 6) is 0.687. The molecule has 0 radical (unpaired) electrons. The Morgan fingerprint density at radius 2 is 2.53 bits per heavy atom. The molecule has 0 saturated carbocycles. The van der Waals surface area contributed by atoms with Crippen LogP contribution in [0.25, 0.3) is 0 Å². The van der Waals surface area contributed by atoms with E-state index in [-0.39, 0.29) is 5.92 Å². The van der Waals surface area contributed by atoms with E-state index in [0.717, 1.165) is 31.1 Å². The lowest BCUT2D eigenvalue weighted by Gasteiger charge is -2.30. The van der Waals surface area contributed by atoms with Gasteiger partial charge in [0.15, 0.2) is 0 Å². The van der Waals surface area contributed by atoms with E-state index in [9.17, 15) is 4.79 Å². The van der Waals surface area contributed by atoms with Gasteiger partial charge in [-0.3, -0.25) is 9.69 Å². The van der Waals surface area contributed by atoms with Crippen molar-refractivity contribution in [2.24, 2.45) is 5.92 Å². The van der Waals surface area contributed by atoms with Crippen molar-refractivity contribution in [1.82, 2.24) is 9.88 Å². The smallest absolute Gasteiger partial charge is 0.138 e. The molecule has 0 spiro atoms. The zero-order valence-electron chi connectivity index (χ0n) is 8.98. The number of piperidine rings is 1. The van der Waals surface area contributed by atoms with Gasteiger partial charge in [0.1, 0.15) is 10.8 Å². The number of carbonyl (C=O) groups excluding carboxylic acids is 1. The first kappa shape index (κ1) is 10.8. The molecular formula is C11H16N2OS. The van der Waals surface area contributed by atoms with Crippen LogP contribution in [0.2, 0.25) is 0 Å². The standard InChI is InChI=1S/C11H16N2OS/c1-2-9-7-13(5-3-10(9)14)8-11-12-4-6-15-11/h4,6,9H,2-3,5,7-8H2,1H3. The number of nitrogens with zero attached hydrogens (tertiary/aromatic N) is 2. The fourth-order valence-electron chi connectivity index (χ4n) is 2.00. The zero-order valence-corrected chi connectivity index (χ0v) is 9.80. The summed E-state index contributed by atoms with van der Waals surface area (Å²) in [6, 6.07) is 0. The normalized spacial score (nSPS) is 23.3. The van der Waals surface area contributed by atoms with Gasteiger partial charge in [0.2, 0.25) is 0 Å². The molecule has 2 rings (SSSR count). The Morgan fingerprint density at radius 3 is 3.20 bits per heavy atom. The lowest BCUT2D eigenvalue weighted by molar-refractivity contribution is -0.126. The number of rotatable bonds is 3. The first-order valence-corrected chi connectivity index (χ1v) is 6.31. The molecule has 2 heterocycles. The summed E-state index contributed by atoms with van der Waals surface area (Å²) < 4.78 is 0. The third-order valence-corrected chi connectivity index (χ3v) is 3.71. The van der Waals surface area contributed by atoms with Crippen LogP contribution in [-0.2, 0) is 11.3 Å². The van der Waals surface area contributed by atoms with E-state index in [1.165, 1.54) is 0 Å². The maximum atomic E-state index is 11.5. The van der Waals surface area contributed by atoms with Crippen LogP contribution in [-0.4, -0.2) is 28.8 Å². The van der Waals surface area contributed by atoms with E-state index in [1.54, 1.807) is 11.3 Å². The second kappa shape index (κ2) is 4.86. The van der Waals surface area contributed by atoms with Crippen molar-refractivity contribution in [1.29, 1.82) is 0 Å². The molecule has 1 aromatic heterocycles. The molecule has 1 aliphatic rings. The van der Waals surface area contributed by atoms with E-state index in [2.05, 4.69) is 16.8 Å². The second-order valence-corrected chi connectivity index (χ2v) is 4.96. The average molecular weight is 224 g/mol. The minimum atomic E-state index is 0.249. The average Bonchev–Trinajstić information content (AvgIpc) is 2.73. The number of Topliss-reactive ketones (excluding diaryl/α,β-unsaturated/α-hetero) is 1. The van der Waals surface area contributed by atoms with Gasteiger partial charge in [-0.15, -0.1) is 11.3 Å². The summed E-state index contributed by atoms with van der Waals surface area (Å²) in [4.78, 5) is 18.1. The van der Waals surface area contributed by atoms with Gasteiger partial charge < -0.3 is 0 Å². The number of thiazole rings is 1. The minimum absolute atomic E-state index is 0.249. The quantitative estimate of drug-likeness (QED) is 0.786. The molecule has 0 aliphatic carbocycles. The van der Waals surface area contributed by atoms with Crippen LogP contribution in [0.3, 0.4) is 0 Å². The second-order valence-electron chi connectivity index (χ2n) is 3.98. The topological polar surface area (TPSA) is 33.2 Å². The fraction of sp³-hybridized carbons (Fsp3) is 0.636. The van der Waals surface area contributed by atoms with Gasteiger partial charge in [-0.2, -0.15) is 0 Å². The Hall–Kier alpha value is -0.740. The highest BCUT2D eigenvalue weighted by molar-refractivity contribution is 7.09. The monoisotopic (exact) mass is 224 g/mol. The third-order valence-electron chi connectivity index (χ3n) is 2.94. The van der Waals surface area contributed by atoms with Crippen LogP contribution < -0.4 is 0 Å². The molecule has 82 valence electrons. The van der Waals surface area contributed by atoms with Crippen LogP contribution in [0, 0.1) is 5.92 Å². The highest BCUT2D eigenvalue weighted by Gasteiger charge is 2.25. The summed E-state index contributed by atoms with van der Waals surface area (Å²) in [7, 11) is 0. The molecular weight excluding hydrogens is 208 g/mol. The summed E-state index contributed by atoms with van der Waals surface area (Å²) in [6.07, 6.45) is 3.52. The number of hydrogen-bond donors (Lipinski definition) is 0. The summed E-state index contributed by atoms with van der Waals surface area (Å²) in [6.45, 7) is 4.81. The van der Waals surface area contributed by atoms with Crippen molar-refractivity contribution in [2.45, 2.75) is 26.3 Å². The number of likely N-dealkylation sites (tertiary alicyclic amines) is 1. The van der Waals surface area contributed by atoms with Gasteiger partial charge in [-0.1, -0.05) is 6.92 Å².